The standard InChI is InChI=1S/C13H16O3/c1-9(2)11(7-14)5-10-3-4-12-13(6-10)16-8-15-12/h3-6,9,14H,7-8H2,1-2H3. The summed E-state index contributed by atoms with van der Waals surface area (Å²) in [5.41, 5.74) is 2.04. The van der Waals surface area contributed by atoms with Gasteiger partial charge in [-0.05, 0) is 29.2 Å². The molecule has 0 aliphatic carbocycles. The van der Waals surface area contributed by atoms with Crippen LogP contribution in [-0.2, 0) is 0 Å². The average Bonchev–Trinajstić information content (AvgIpc) is 2.72. The van der Waals surface area contributed by atoms with Gasteiger partial charge in [0.15, 0.2) is 11.5 Å². The van der Waals surface area contributed by atoms with Gasteiger partial charge in [-0.25, -0.2) is 0 Å². The van der Waals surface area contributed by atoms with Crippen LogP contribution in [0.15, 0.2) is 23.8 Å². The van der Waals surface area contributed by atoms with Gasteiger partial charge in [-0.1, -0.05) is 26.0 Å². The zero-order valence-electron chi connectivity index (χ0n) is 9.56. The Morgan fingerprint density at radius 3 is 2.81 bits per heavy atom. The molecule has 1 aliphatic rings. The molecule has 2 rings (SSSR count). The van der Waals surface area contributed by atoms with Gasteiger partial charge >= 0.3 is 0 Å². The summed E-state index contributed by atoms with van der Waals surface area (Å²) >= 11 is 0. The first-order valence-corrected chi connectivity index (χ1v) is 5.41. The highest BCUT2D eigenvalue weighted by Gasteiger charge is 2.12. The molecular formula is C13H16O3. The normalized spacial score (nSPS) is 14.6. The summed E-state index contributed by atoms with van der Waals surface area (Å²) in [7, 11) is 0. The van der Waals surface area contributed by atoms with E-state index >= 15 is 0 Å². The summed E-state index contributed by atoms with van der Waals surface area (Å²) in [5.74, 6) is 1.90. The number of ether oxygens (including phenoxy) is 2. The van der Waals surface area contributed by atoms with Crippen molar-refractivity contribution in [3.63, 3.8) is 0 Å². The van der Waals surface area contributed by atoms with Crippen LogP contribution in [0.3, 0.4) is 0 Å². The molecule has 86 valence electrons. The van der Waals surface area contributed by atoms with Crippen molar-refractivity contribution < 1.29 is 14.6 Å². The van der Waals surface area contributed by atoms with Gasteiger partial charge in [-0.15, -0.1) is 0 Å². The number of hydrogen-bond donors (Lipinski definition) is 1. The molecule has 0 fully saturated rings. The Labute approximate surface area is 95.3 Å². The smallest absolute Gasteiger partial charge is 0.231 e. The molecule has 1 aliphatic heterocycles. The third kappa shape index (κ3) is 2.19. The van der Waals surface area contributed by atoms with Gasteiger partial charge in [0, 0.05) is 0 Å². The second-order valence-corrected chi connectivity index (χ2v) is 4.14. The van der Waals surface area contributed by atoms with Gasteiger partial charge in [-0.2, -0.15) is 0 Å². The summed E-state index contributed by atoms with van der Waals surface area (Å²) in [6.45, 7) is 4.51. The fourth-order valence-electron chi connectivity index (χ4n) is 1.61. The molecule has 1 aromatic carbocycles. The van der Waals surface area contributed by atoms with Gasteiger partial charge in [0.25, 0.3) is 0 Å². The minimum atomic E-state index is 0.0894. The van der Waals surface area contributed by atoms with Crippen LogP contribution in [0.5, 0.6) is 11.5 Å². The number of aliphatic hydroxyl groups excluding tert-OH is 1. The van der Waals surface area contributed by atoms with E-state index in [9.17, 15) is 5.11 Å². The minimum absolute atomic E-state index is 0.0894. The Morgan fingerprint density at radius 2 is 2.12 bits per heavy atom. The predicted octanol–water partition coefficient (Wildman–Crippen LogP) is 2.45. The number of benzene rings is 1. The molecule has 0 amide bonds. The maximum Gasteiger partial charge on any atom is 0.231 e. The fraction of sp³-hybridized carbons (Fsp3) is 0.385. The highest BCUT2D eigenvalue weighted by Crippen LogP contribution is 2.33. The number of fused-ring (bicyclic) bond motifs is 1. The van der Waals surface area contributed by atoms with Crippen molar-refractivity contribution in [2.75, 3.05) is 13.4 Å². The monoisotopic (exact) mass is 220 g/mol. The lowest BCUT2D eigenvalue weighted by molar-refractivity contribution is 0.174. The third-order valence-electron chi connectivity index (χ3n) is 2.67. The third-order valence-corrected chi connectivity index (χ3v) is 2.67. The van der Waals surface area contributed by atoms with Crippen molar-refractivity contribution in [1.29, 1.82) is 0 Å². The summed E-state index contributed by atoms with van der Waals surface area (Å²) in [4.78, 5) is 0. The van der Waals surface area contributed by atoms with Crippen LogP contribution < -0.4 is 9.47 Å². The van der Waals surface area contributed by atoms with Gasteiger partial charge < -0.3 is 14.6 Å². The lowest BCUT2D eigenvalue weighted by Crippen LogP contribution is -1.98. The SMILES string of the molecule is CC(C)C(=Cc1ccc2c(c1)OCO2)CO. The topological polar surface area (TPSA) is 38.7 Å². The quantitative estimate of drug-likeness (QED) is 0.850. The summed E-state index contributed by atoms with van der Waals surface area (Å²) in [5, 5.41) is 9.23. The van der Waals surface area contributed by atoms with E-state index in [1.807, 2.05) is 24.3 Å². The fourth-order valence-corrected chi connectivity index (χ4v) is 1.61. The molecule has 16 heavy (non-hydrogen) atoms. The van der Waals surface area contributed by atoms with Crippen LogP contribution >= 0.6 is 0 Å². The van der Waals surface area contributed by atoms with E-state index in [-0.39, 0.29) is 6.61 Å². The molecule has 0 saturated heterocycles. The molecule has 1 N–H and O–H groups in total. The van der Waals surface area contributed by atoms with Crippen LogP contribution in [-0.4, -0.2) is 18.5 Å². The van der Waals surface area contributed by atoms with E-state index in [0.717, 1.165) is 22.6 Å². The lowest BCUT2D eigenvalue weighted by Gasteiger charge is -2.08. The Morgan fingerprint density at radius 1 is 1.38 bits per heavy atom. The van der Waals surface area contributed by atoms with Crippen molar-refractivity contribution >= 4 is 6.08 Å². The van der Waals surface area contributed by atoms with Crippen molar-refractivity contribution in [3.8, 4) is 11.5 Å². The zero-order chi connectivity index (χ0) is 11.5. The van der Waals surface area contributed by atoms with Gasteiger partial charge in [0.1, 0.15) is 0 Å². The minimum Gasteiger partial charge on any atom is -0.454 e. The molecule has 1 aromatic rings. The second-order valence-electron chi connectivity index (χ2n) is 4.14. The first-order valence-electron chi connectivity index (χ1n) is 5.41. The van der Waals surface area contributed by atoms with E-state index in [0.29, 0.717) is 12.7 Å². The molecule has 0 saturated carbocycles. The Kier molecular flexibility index (Phi) is 3.15. The molecule has 0 radical (unpaired) electrons. The summed E-state index contributed by atoms with van der Waals surface area (Å²) in [6, 6.07) is 5.79. The molecule has 0 aromatic heterocycles. The highest BCUT2D eigenvalue weighted by atomic mass is 16.7. The number of hydrogen-bond acceptors (Lipinski definition) is 3. The molecule has 0 spiro atoms. The van der Waals surface area contributed by atoms with Crippen molar-refractivity contribution in [2.24, 2.45) is 5.92 Å². The summed E-state index contributed by atoms with van der Waals surface area (Å²) < 4.78 is 10.5. The van der Waals surface area contributed by atoms with Crippen molar-refractivity contribution in [3.05, 3.63) is 29.3 Å². The van der Waals surface area contributed by atoms with Crippen LogP contribution in [0.2, 0.25) is 0 Å². The maximum atomic E-state index is 9.23. The largest absolute Gasteiger partial charge is 0.454 e. The highest BCUT2D eigenvalue weighted by molar-refractivity contribution is 5.59. The number of rotatable bonds is 3. The van der Waals surface area contributed by atoms with Gasteiger partial charge in [-0.3, -0.25) is 0 Å². The molecule has 3 heteroatoms. The molecule has 3 nitrogen and oxygen atoms in total. The zero-order valence-corrected chi connectivity index (χ0v) is 9.56. The van der Waals surface area contributed by atoms with Crippen molar-refractivity contribution in [2.45, 2.75) is 13.8 Å². The molecule has 1 heterocycles. The van der Waals surface area contributed by atoms with Crippen LogP contribution in [0.4, 0.5) is 0 Å². The molecular weight excluding hydrogens is 204 g/mol. The van der Waals surface area contributed by atoms with E-state index in [1.54, 1.807) is 0 Å². The van der Waals surface area contributed by atoms with Gasteiger partial charge in [0.05, 0.1) is 6.61 Å². The summed E-state index contributed by atoms with van der Waals surface area (Å²) in [6.07, 6.45) is 1.99. The van der Waals surface area contributed by atoms with Crippen LogP contribution in [0.1, 0.15) is 19.4 Å². The van der Waals surface area contributed by atoms with E-state index in [2.05, 4.69) is 13.8 Å². The Bertz CT molecular complexity index is 408. The van der Waals surface area contributed by atoms with Crippen molar-refractivity contribution in [1.82, 2.24) is 0 Å². The average molecular weight is 220 g/mol. The van der Waals surface area contributed by atoms with Crippen LogP contribution in [0, 0.1) is 5.92 Å². The second kappa shape index (κ2) is 4.58. The van der Waals surface area contributed by atoms with Gasteiger partial charge in [0.2, 0.25) is 6.79 Å². The first kappa shape index (κ1) is 11.0. The lowest BCUT2D eigenvalue weighted by atomic mass is 10.0. The Balaban J connectivity index is 2.28. The first-order chi connectivity index (χ1) is 7.70. The Hall–Kier alpha value is -1.48. The molecule has 0 bridgehead atoms. The molecule has 0 unspecified atom stereocenters. The van der Waals surface area contributed by atoms with E-state index in [4.69, 9.17) is 9.47 Å². The maximum absolute atomic E-state index is 9.23. The number of aliphatic hydroxyl groups is 1. The molecule has 0 atom stereocenters. The predicted molar refractivity (Wildman–Crippen MR) is 62.5 cm³/mol. The van der Waals surface area contributed by atoms with E-state index in [1.165, 1.54) is 0 Å². The van der Waals surface area contributed by atoms with Crippen LogP contribution in [0.25, 0.3) is 6.08 Å². The van der Waals surface area contributed by atoms with E-state index < -0.39 is 0 Å².